The number of hydrogen-bond donors (Lipinski definition) is 1. The molecule has 0 saturated heterocycles. The number of carbonyl (C=O) groups is 1. The number of fused-ring (bicyclic) bond motifs is 1. The van der Waals surface area contributed by atoms with Crippen molar-refractivity contribution in [2.75, 3.05) is 0 Å². The number of benzene rings is 1. The average molecular weight is 346 g/mol. The highest BCUT2D eigenvalue weighted by atomic mass is 16.1. The summed E-state index contributed by atoms with van der Waals surface area (Å²) in [5, 5.41) is 15.7. The van der Waals surface area contributed by atoms with E-state index in [4.69, 9.17) is 0 Å². The molecule has 3 heterocycles. The molecule has 0 bridgehead atoms. The molecule has 26 heavy (non-hydrogen) atoms. The Morgan fingerprint density at radius 1 is 1.08 bits per heavy atom. The lowest BCUT2D eigenvalue weighted by Crippen LogP contribution is -2.28. The van der Waals surface area contributed by atoms with E-state index in [1.807, 2.05) is 73.0 Å². The van der Waals surface area contributed by atoms with E-state index in [1.165, 1.54) is 0 Å². The van der Waals surface area contributed by atoms with Crippen LogP contribution in [0.25, 0.3) is 11.3 Å². The van der Waals surface area contributed by atoms with E-state index >= 15 is 0 Å². The minimum atomic E-state index is -0.292. The van der Waals surface area contributed by atoms with Gasteiger partial charge in [0.15, 0.2) is 11.5 Å². The molecular weight excluding hydrogens is 328 g/mol. The second kappa shape index (κ2) is 6.44. The van der Waals surface area contributed by atoms with Gasteiger partial charge in [0.25, 0.3) is 5.91 Å². The first-order valence-electron chi connectivity index (χ1n) is 8.35. The molecule has 1 amide bonds. The highest BCUT2D eigenvalue weighted by Gasteiger charge is 2.20. The van der Waals surface area contributed by atoms with E-state index in [9.17, 15) is 4.79 Å². The Balaban J connectivity index is 1.58. The lowest BCUT2D eigenvalue weighted by Gasteiger charge is -2.12. The van der Waals surface area contributed by atoms with Crippen LogP contribution in [0.4, 0.5) is 0 Å². The van der Waals surface area contributed by atoms with E-state index in [2.05, 4.69) is 20.6 Å². The van der Waals surface area contributed by atoms with Gasteiger partial charge in [0.1, 0.15) is 0 Å². The summed E-state index contributed by atoms with van der Waals surface area (Å²) in [6, 6.07) is 15.1. The van der Waals surface area contributed by atoms with Crippen molar-refractivity contribution >= 4 is 11.6 Å². The summed E-state index contributed by atoms with van der Waals surface area (Å²) in [6.45, 7) is 3.77. The van der Waals surface area contributed by atoms with Crippen molar-refractivity contribution in [3.8, 4) is 5.69 Å². The first kappa shape index (κ1) is 16.0. The SMILES string of the molecule is Cc1c(C(=O)NC(C)c2nnc3ccccn23)cnn1-c1ccccc1. The summed E-state index contributed by atoms with van der Waals surface area (Å²) < 4.78 is 3.62. The van der Waals surface area contributed by atoms with Crippen LogP contribution in [0.15, 0.2) is 60.9 Å². The molecule has 0 aliphatic rings. The maximum Gasteiger partial charge on any atom is 0.255 e. The van der Waals surface area contributed by atoms with Crippen molar-refractivity contribution < 1.29 is 4.79 Å². The van der Waals surface area contributed by atoms with Crippen LogP contribution in [0.1, 0.15) is 34.8 Å². The van der Waals surface area contributed by atoms with Crippen LogP contribution in [0.5, 0.6) is 0 Å². The van der Waals surface area contributed by atoms with Crippen molar-refractivity contribution in [2.45, 2.75) is 19.9 Å². The number of amides is 1. The van der Waals surface area contributed by atoms with Crippen molar-refractivity contribution in [2.24, 2.45) is 0 Å². The van der Waals surface area contributed by atoms with Crippen LogP contribution in [-0.4, -0.2) is 30.3 Å². The summed E-state index contributed by atoms with van der Waals surface area (Å²) in [4.78, 5) is 12.7. The molecule has 0 spiro atoms. The minimum absolute atomic E-state index is 0.190. The number of rotatable bonds is 4. The van der Waals surface area contributed by atoms with Crippen LogP contribution in [0, 0.1) is 6.92 Å². The van der Waals surface area contributed by atoms with E-state index in [-0.39, 0.29) is 11.9 Å². The second-order valence-corrected chi connectivity index (χ2v) is 6.07. The van der Waals surface area contributed by atoms with E-state index in [0.29, 0.717) is 11.4 Å². The molecule has 7 nitrogen and oxygen atoms in total. The van der Waals surface area contributed by atoms with Crippen molar-refractivity contribution in [3.63, 3.8) is 0 Å². The van der Waals surface area contributed by atoms with Gasteiger partial charge in [-0.1, -0.05) is 24.3 Å². The van der Waals surface area contributed by atoms with Gasteiger partial charge in [-0.05, 0) is 38.1 Å². The van der Waals surface area contributed by atoms with Crippen LogP contribution >= 0.6 is 0 Å². The predicted molar refractivity (Wildman–Crippen MR) is 97.2 cm³/mol. The second-order valence-electron chi connectivity index (χ2n) is 6.07. The van der Waals surface area contributed by atoms with Crippen molar-refractivity contribution in [3.05, 3.63) is 78.0 Å². The molecule has 7 heteroatoms. The van der Waals surface area contributed by atoms with Gasteiger partial charge in [0.05, 0.1) is 29.2 Å². The minimum Gasteiger partial charge on any atom is -0.342 e. The number of hydrogen-bond acceptors (Lipinski definition) is 4. The Bertz CT molecular complexity index is 1070. The number of carbonyl (C=O) groups excluding carboxylic acids is 1. The number of para-hydroxylation sites is 1. The Labute approximate surface area is 150 Å². The number of nitrogens with zero attached hydrogens (tertiary/aromatic N) is 5. The fourth-order valence-electron chi connectivity index (χ4n) is 2.96. The number of nitrogens with one attached hydrogen (secondary N) is 1. The third-order valence-electron chi connectivity index (χ3n) is 4.33. The van der Waals surface area contributed by atoms with Gasteiger partial charge in [0, 0.05) is 6.20 Å². The Morgan fingerprint density at radius 2 is 1.85 bits per heavy atom. The summed E-state index contributed by atoms with van der Waals surface area (Å²) in [5.41, 5.74) is 2.98. The molecule has 0 fully saturated rings. The number of pyridine rings is 1. The summed E-state index contributed by atoms with van der Waals surface area (Å²) in [5.74, 6) is 0.493. The van der Waals surface area contributed by atoms with Gasteiger partial charge < -0.3 is 5.32 Å². The third kappa shape index (κ3) is 2.73. The first-order chi connectivity index (χ1) is 12.6. The molecule has 1 atom stereocenters. The molecule has 0 aliphatic heterocycles. The third-order valence-corrected chi connectivity index (χ3v) is 4.33. The first-order valence-corrected chi connectivity index (χ1v) is 8.35. The zero-order valence-electron chi connectivity index (χ0n) is 14.5. The molecule has 0 radical (unpaired) electrons. The van der Waals surface area contributed by atoms with Crippen LogP contribution in [0.3, 0.4) is 0 Å². The lowest BCUT2D eigenvalue weighted by molar-refractivity contribution is 0.0937. The Hall–Kier alpha value is -3.48. The molecular formula is C19H18N6O. The Kier molecular flexibility index (Phi) is 3.96. The van der Waals surface area contributed by atoms with Gasteiger partial charge in [-0.3, -0.25) is 9.20 Å². The summed E-state index contributed by atoms with van der Waals surface area (Å²) in [6.07, 6.45) is 3.47. The molecule has 1 aromatic carbocycles. The summed E-state index contributed by atoms with van der Waals surface area (Å²) in [7, 11) is 0. The zero-order chi connectivity index (χ0) is 18.1. The van der Waals surface area contributed by atoms with Gasteiger partial charge >= 0.3 is 0 Å². The van der Waals surface area contributed by atoms with Crippen molar-refractivity contribution in [1.29, 1.82) is 0 Å². The molecule has 4 rings (SSSR count). The molecule has 0 saturated carbocycles. The van der Waals surface area contributed by atoms with Gasteiger partial charge in [-0.15, -0.1) is 10.2 Å². The van der Waals surface area contributed by atoms with E-state index in [0.717, 1.165) is 17.0 Å². The Morgan fingerprint density at radius 3 is 2.65 bits per heavy atom. The largest absolute Gasteiger partial charge is 0.342 e. The normalized spacial score (nSPS) is 12.2. The van der Waals surface area contributed by atoms with Crippen molar-refractivity contribution in [1.82, 2.24) is 29.7 Å². The highest BCUT2D eigenvalue weighted by molar-refractivity contribution is 5.95. The van der Waals surface area contributed by atoms with E-state index in [1.54, 1.807) is 10.9 Å². The van der Waals surface area contributed by atoms with E-state index < -0.39 is 0 Å². The highest BCUT2D eigenvalue weighted by Crippen LogP contribution is 2.16. The fraction of sp³-hybridized carbons (Fsp3) is 0.158. The van der Waals surface area contributed by atoms with Crippen LogP contribution in [-0.2, 0) is 0 Å². The smallest absolute Gasteiger partial charge is 0.255 e. The molecule has 3 aromatic heterocycles. The number of aromatic nitrogens is 5. The monoisotopic (exact) mass is 346 g/mol. The van der Waals surface area contributed by atoms with Gasteiger partial charge in [0.2, 0.25) is 0 Å². The van der Waals surface area contributed by atoms with Crippen LogP contribution in [0.2, 0.25) is 0 Å². The van der Waals surface area contributed by atoms with Crippen LogP contribution < -0.4 is 5.32 Å². The molecule has 130 valence electrons. The molecule has 4 aromatic rings. The van der Waals surface area contributed by atoms with Gasteiger partial charge in [-0.2, -0.15) is 5.10 Å². The summed E-state index contributed by atoms with van der Waals surface area (Å²) >= 11 is 0. The molecule has 1 unspecified atom stereocenters. The lowest BCUT2D eigenvalue weighted by atomic mass is 10.2. The molecule has 1 N–H and O–H groups in total. The predicted octanol–water partition coefficient (Wildman–Crippen LogP) is 2.71. The maximum absolute atomic E-state index is 12.7. The standard InChI is InChI=1S/C19H18N6O/c1-13(18-23-22-17-10-6-7-11-24(17)18)21-19(26)16-12-20-25(14(16)2)15-8-4-3-5-9-15/h3-13H,1-2H3,(H,21,26). The average Bonchev–Trinajstić information content (AvgIpc) is 3.26. The quantitative estimate of drug-likeness (QED) is 0.616. The maximum atomic E-state index is 12.7. The zero-order valence-corrected chi connectivity index (χ0v) is 14.5. The fourth-order valence-corrected chi connectivity index (χ4v) is 2.96. The van der Waals surface area contributed by atoms with Gasteiger partial charge in [-0.25, -0.2) is 4.68 Å². The molecule has 0 aliphatic carbocycles. The topological polar surface area (TPSA) is 77.1 Å².